The lowest BCUT2D eigenvalue weighted by Gasteiger charge is -2.27. The zero-order valence-corrected chi connectivity index (χ0v) is 12.0. The summed E-state index contributed by atoms with van der Waals surface area (Å²) in [6, 6.07) is 7.54. The Labute approximate surface area is 124 Å². The molecule has 3 rings (SSSR count). The molecular weight excluding hydrogens is 268 g/mol. The molecule has 1 aromatic rings. The minimum atomic E-state index is -0.421. The fraction of sp³-hybridized carbons (Fsp3) is 0.562. The van der Waals surface area contributed by atoms with Crippen LogP contribution in [0.3, 0.4) is 0 Å². The van der Waals surface area contributed by atoms with Gasteiger partial charge in [0, 0.05) is 18.7 Å². The number of aliphatic hydroxyl groups is 1. The summed E-state index contributed by atoms with van der Waals surface area (Å²) >= 11 is 0. The maximum atomic E-state index is 12.0. The number of benzene rings is 1. The Bertz CT molecular complexity index is 502. The summed E-state index contributed by atoms with van der Waals surface area (Å²) < 4.78 is 5.95. The Morgan fingerprint density at radius 2 is 2.19 bits per heavy atom. The van der Waals surface area contributed by atoms with Crippen LogP contribution in [-0.4, -0.2) is 35.8 Å². The Morgan fingerprint density at radius 3 is 2.86 bits per heavy atom. The molecule has 2 fully saturated rings. The van der Waals surface area contributed by atoms with E-state index in [0.29, 0.717) is 25.6 Å². The van der Waals surface area contributed by atoms with Crippen molar-refractivity contribution in [3.8, 4) is 5.75 Å². The van der Waals surface area contributed by atoms with Gasteiger partial charge in [-0.15, -0.1) is 0 Å². The van der Waals surface area contributed by atoms with Crippen LogP contribution in [0.2, 0.25) is 0 Å². The molecule has 0 bridgehead atoms. The van der Waals surface area contributed by atoms with E-state index in [1.807, 2.05) is 24.3 Å². The van der Waals surface area contributed by atoms with Gasteiger partial charge in [0.15, 0.2) is 0 Å². The van der Waals surface area contributed by atoms with Gasteiger partial charge in [-0.1, -0.05) is 18.2 Å². The molecule has 5 nitrogen and oxygen atoms in total. The highest BCUT2D eigenvalue weighted by Gasteiger charge is 2.28. The van der Waals surface area contributed by atoms with E-state index in [2.05, 4.69) is 10.6 Å². The third kappa shape index (κ3) is 3.54. The number of para-hydroxylation sites is 1. The van der Waals surface area contributed by atoms with Crippen molar-refractivity contribution in [2.24, 2.45) is 0 Å². The van der Waals surface area contributed by atoms with E-state index in [-0.39, 0.29) is 11.9 Å². The second-order valence-electron chi connectivity index (χ2n) is 5.85. The highest BCUT2D eigenvalue weighted by atomic mass is 16.5. The van der Waals surface area contributed by atoms with Gasteiger partial charge in [0.2, 0.25) is 5.91 Å². The average Bonchev–Trinajstić information content (AvgIpc) is 2.88. The Kier molecular flexibility index (Phi) is 4.41. The summed E-state index contributed by atoms with van der Waals surface area (Å²) in [4.78, 5) is 12.0. The molecule has 1 saturated carbocycles. The minimum Gasteiger partial charge on any atom is -0.490 e. The number of β-amino-alcohol motifs (C(OH)–C–C–N with tert-alkyl or cyclic N) is 1. The Hall–Kier alpha value is -1.59. The van der Waals surface area contributed by atoms with Crippen molar-refractivity contribution in [2.45, 2.75) is 50.5 Å². The van der Waals surface area contributed by atoms with Gasteiger partial charge in [0.1, 0.15) is 5.75 Å². The topological polar surface area (TPSA) is 70.6 Å². The van der Waals surface area contributed by atoms with Crippen molar-refractivity contribution in [2.75, 3.05) is 6.54 Å². The molecule has 1 saturated heterocycles. The second-order valence-corrected chi connectivity index (χ2v) is 5.85. The number of hydrogen-bond acceptors (Lipinski definition) is 4. The van der Waals surface area contributed by atoms with Crippen LogP contribution in [0.4, 0.5) is 0 Å². The number of ether oxygens (including phenoxy) is 1. The van der Waals surface area contributed by atoms with Crippen molar-refractivity contribution in [3.63, 3.8) is 0 Å². The molecule has 21 heavy (non-hydrogen) atoms. The summed E-state index contributed by atoms with van der Waals surface area (Å²) in [5, 5.41) is 15.4. The molecule has 1 aliphatic carbocycles. The van der Waals surface area contributed by atoms with Crippen LogP contribution in [0.1, 0.15) is 31.2 Å². The molecule has 1 amide bonds. The molecule has 0 aromatic heterocycles. The molecule has 1 aromatic carbocycles. The molecular formula is C16H22N2O3. The average molecular weight is 290 g/mol. The Morgan fingerprint density at radius 1 is 1.38 bits per heavy atom. The van der Waals surface area contributed by atoms with E-state index in [1.54, 1.807) is 0 Å². The largest absolute Gasteiger partial charge is 0.490 e. The number of carbonyl (C=O) groups is 1. The number of nitrogens with one attached hydrogen (secondary N) is 2. The number of rotatable bonds is 5. The van der Waals surface area contributed by atoms with Crippen LogP contribution in [-0.2, 0) is 11.3 Å². The van der Waals surface area contributed by atoms with Gasteiger partial charge in [-0.3, -0.25) is 4.79 Å². The molecule has 5 heteroatoms. The third-order valence-corrected chi connectivity index (χ3v) is 4.20. The quantitative estimate of drug-likeness (QED) is 0.755. The number of hydrogen-bond donors (Lipinski definition) is 3. The molecule has 1 aliphatic heterocycles. The number of amides is 1. The van der Waals surface area contributed by atoms with Crippen molar-refractivity contribution in [1.82, 2.24) is 10.6 Å². The van der Waals surface area contributed by atoms with E-state index in [1.165, 1.54) is 6.42 Å². The van der Waals surface area contributed by atoms with Gasteiger partial charge in [-0.2, -0.15) is 0 Å². The summed E-state index contributed by atoms with van der Waals surface area (Å²) in [7, 11) is 0. The normalized spacial score (nSPS) is 25.4. The Balaban J connectivity index is 1.55. The van der Waals surface area contributed by atoms with E-state index in [0.717, 1.165) is 24.2 Å². The van der Waals surface area contributed by atoms with E-state index in [9.17, 15) is 9.90 Å². The lowest BCUT2D eigenvalue weighted by atomic mass is 9.96. The first kappa shape index (κ1) is 14.4. The van der Waals surface area contributed by atoms with E-state index >= 15 is 0 Å². The maximum Gasteiger partial charge on any atom is 0.237 e. The molecule has 1 heterocycles. The van der Waals surface area contributed by atoms with Crippen LogP contribution < -0.4 is 15.4 Å². The first-order chi connectivity index (χ1) is 10.2. The summed E-state index contributed by atoms with van der Waals surface area (Å²) in [6.07, 6.45) is 3.85. The third-order valence-electron chi connectivity index (χ3n) is 4.20. The highest BCUT2D eigenvalue weighted by molar-refractivity contribution is 5.82. The lowest BCUT2D eigenvalue weighted by Crippen LogP contribution is -2.40. The molecule has 2 atom stereocenters. The summed E-state index contributed by atoms with van der Waals surface area (Å²) in [5.41, 5.74) is 0.997. The van der Waals surface area contributed by atoms with Gasteiger partial charge < -0.3 is 20.5 Å². The SMILES string of the molecule is O=C(NCc1ccccc1OC1CCC1)C1CC(O)CN1. The lowest BCUT2D eigenvalue weighted by molar-refractivity contribution is -0.123. The summed E-state index contributed by atoms with van der Waals surface area (Å²) in [5.74, 6) is 0.798. The van der Waals surface area contributed by atoms with E-state index < -0.39 is 6.10 Å². The molecule has 0 radical (unpaired) electrons. The fourth-order valence-corrected chi connectivity index (χ4v) is 2.66. The van der Waals surface area contributed by atoms with Crippen LogP contribution in [0, 0.1) is 0 Å². The molecule has 3 N–H and O–H groups in total. The zero-order valence-electron chi connectivity index (χ0n) is 12.0. The fourth-order valence-electron chi connectivity index (χ4n) is 2.66. The molecule has 114 valence electrons. The van der Waals surface area contributed by atoms with Crippen LogP contribution in [0.25, 0.3) is 0 Å². The van der Waals surface area contributed by atoms with Crippen molar-refractivity contribution in [3.05, 3.63) is 29.8 Å². The van der Waals surface area contributed by atoms with Crippen LogP contribution in [0.5, 0.6) is 5.75 Å². The van der Waals surface area contributed by atoms with Gasteiger partial charge in [0.25, 0.3) is 0 Å². The molecule has 2 unspecified atom stereocenters. The van der Waals surface area contributed by atoms with Gasteiger partial charge in [-0.25, -0.2) is 0 Å². The highest BCUT2D eigenvalue weighted by Crippen LogP contribution is 2.27. The maximum absolute atomic E-state index is 12.0. The van der Waals surface area contributed by atoms with Gasteiger partial charge in [0.05, 0.1) is 18.2 Å². The predicted molar refractivity (Wildman–Crippen MR) is 79.0 cm³/mol. The van der Waals surface area contributed by atoms with E-state index in [4.69, 9.17) is 4.74 Å². The second kappa shape index (κ2) is 6.45. The molecule has 0 spiro atoms. The van der Waals surface area contributed by atoms with Crippen LogP contribution in [0.15, 0.2) is 24.3 Å². The minimum absolute atomic E-state index is 0.0648. The van der Waals surface area contributed by atoms with Crippen LogP contribution >= 0.6 is 0 Å². The zero-order chi connectivity index (χ0) is 14.7. The number of carbonyl (C=O) groups excluding carboxylic acids is 1. The summed E-state index contributed by atoms with van der Waals surface area (Å²) in [6.45, 7) is 0.940. The standard InChI is InChI=1S/C16H22N2O3/c19-12-8-14(17-10-12)16(20)18-9-11-4-1-2-7-15(11)21-13-5-3-6-13/h1-2,4,7,12-14,17,19H,3,5-6,8-10H2,(H,18,20). The van der Waals surface area contributed by atoms with Gasteiger partial charge >= 0.3 is 0 Å². The van der Waals surface area contributed by atoms with Crippen molar-refractivity contribution < 1.29 is 14.6 Å². The van der Waals surface area contributed by atoms with Crippen molar-refractivity contribution >= 4 is 5.91 Å². The van der Waals surface area contributed by atoms with Gasteiger partial charge in [-0.05, 0) is 31.7 Å². The van der Waals surface area contributed by atoms with Crippen molar-refractivity contribution in [1.29, 1.82) is 0 Å². The first-order valence-corrected chi connectivity index (χ1v) is 7.66. The predicted octanol–water partition coefficient (Wildman–Crippen LogP) is 0.957. The molecule has 2 aliphatic rings. The smallest absolute Gasteiger partial charge is 0.237 e. The first-order valence-electron chi connectivity index (χ1n) is 7.66. The number of aliphatic hydroxyl groups excluding tert-OH is 1. The monoisotopic (exact) mass is 290 g/mol.